The Morgan fingerprint density at radius 3 is 2.10 bits per heavy atom. The van der Waals surface area contributed by atoms with Crippen LogP contribution in [0.5, 0.6) is 11.5 Å². The van der Waals surface area contributed by atoms with E-state index in [0.29, 0.717) is 0 Å². The van der Waals surface area contributed by atoms with E-state index in [2.05, 4.69) is 25.7 Å². The van der Waals surface area contributed by atoms with Crippen molar-refractivity contribution in [2.24, 2.45) is 0 Å². The largest absolute Gasteiger partial charge is 0.494 e. The minimum absolute atomic E-state index is 0.0176. The van der Waals surface area contributed by atoms with E-state index in [-0.39, 0.29) is 34.7 Å². The number of rotatable bonds is 8. The van der Waals surface area contributed by atoms with Crippen LogP contribution >= 0.6 is 15.9 Å². The molecule has 0 bridgehead atoms. The van der Waals surface area contributed by atoms with E-state index >= 15 is 0 Å². The zero-order valence-corrected chi connectivity index (χ0v) is 22.7. The monoisotopic (exact) mass is 673 g/mol. The van der Waals surface area contributed by atoms with Crippen LogP contribution in [0, 0.1) is 0 Å². The number of nitrogens with one attached hydrogen (secondary N) is 1. The van der Waals surface area contributed by atoms with E-state index in [0.717, 1.165) is 18.1 Å². The Labute approximate surface area is 239 Å². The molecule has 0 spiro atoms. The SMILES string of the molecule is COc1c(C(=O)Nc2c(Br)cc(C(F)(C(F)(F)F)C(F)(F)F)cc2OC(F)F)cccc1N(C)C(=O)c1ccncc1. The summed E-state index contributed by atoms with van der Waals surface area (Å²) in [6.07, 6.45) is -10.4. The van der Waals surface area contributed by atoms with Gasteiger partial charge in [-0.25, -0.2) is 4.39 Å². The highest BCUT2D eigenvalue weighted by molar-refractivity contribution is 9.10. The van der Waals surface area contributed by atoms with Gasteiger partial charge in [0.15, 0.2) is 11.5 Å². The summed E-state index contributed by atoms with van der Waals surface area (Å²) in [5, 5.41) is 2.04. The molecule has 2 aromatic carbocycles. The van der Waals surface area contributed by atoms with Crippen molar-refractivity contribution in [3.63, 3.8) is 0 Å². The lowest BCUT2D eigenvalue weighted by Gasteiger charge is -2.31. The number of para-hydroxylation sites is 1. The van der Waals surface area contributed by atoms with Crippen LogP contribution in [-0.4, -0.2) is 49.9 Å². The van der Waals surface area contributed by atoms with Crippen molar-refractivity contribution >= 4 is 39.1 Å². The first-order chi connectivity index (χ1) is 19.4. The second kappa shape index (κ2) is 12.1. The Hall–Kier alpha value is -4.02. The molecule has 0 saturated heterocycles. The van der Waals surface area contributed by atoms with Crippen LogP contribution in [0.15, 0.2) is 59.3 Å². The number of halogens is 10. The molecule has 0 atom stereocenters. The van der Waals surface area contributed by atoms with E-state index < -0.39 is 57.9 Å². The molecule has 0 saturated carbocycles. The van der Waals surface area contributed by atoms with Gasteiger partial charge in [-0.2, -0.15) is 35.1 Å². The number of methoxy groups -OCH3 is 1. The third-order valence-corrected chi connectivity index (χ3v) is 6.35. The number of carbonyl (C=O) groups excluding carboxylic acids is 2. The Bertz CT molecular complexity index is 1450. The van der Waals surface area contributed by atoms with Gasteiger partial charge in [0.25, 0.3) is 11.8 Å². The number of ether oxygens (including phenoxy) is 2. The summed E-state index contributed by atoms with van der Waals surface area (Å²) in [5.41, 5.74) is -9.06. The first-order valence-electron chi connectivity index (χ1n) is 11.2. The summed E-state index contributed by atoms with van der Waals surface area (Å²) in [6.45, 7) is -3.81. The number of amides is 2. The van der Waals surface area contributed by atoms with Crippen LogP contribution in [0.3, 0.4) is 0 Å². The lowest BCUT2D eigenvalue weighted by Crippen LogP contribution is -2.50. The molecular weight excluding hydrogens is 657 g/mol. The highest BCUT2D eigenvalue weighted by Crippen LogP contribution is 2.55. The van der Waals surface area contributed by atoms with Crippen LogP contribution in [-0.2, 0) is 5.67 Å². The van der Waals surface area contributed by atoms with Crippen LogP contribution in [0.1, 0.15) is 26.3 Å². The van der Waals surface area contributed by atoms with Crippen molar-refractivity contribution in [1.82, 2.24) is 4.98 Å². The number of alkyl halides is 9. The maximum absolute atomic E-state index is 14.6. The van der Waals surface area contributed by atoms with Gasteiger partial charge >= 0.3 is 24.6 Å². The smallest absolute Gasteiger partial charge is 0.435 e. The molecule has 0 aliphatic rings. The fraction of sp³-hybridized carbons (Fsp3) is 0.240. The molecular formula is C25H17BrF9N3O4. The fourth-order valence-corrected chi connectivity index (χ4v) is 4.28. The molecule has 3 aromatic rings. The number of nitrogens with zero attached hydrogens (tertiary/aromatic N) is 2. The molecule has 0 radical (unpaired) electrons. The second-order valence-electron chi connectivity index (χ2n) is 8.28. The van der Waals surface area contributed by atoms with Crippen molar-refractivity contribution in [2.45, 2.75) is 24.6 Å². The van der Waals surface area contributed by atoms with Gasteiger partial charge in [-0.1, -0.05) is 6.07 Å². The number of benzene rings is 2. The van der Waals surface area contributed by atoms with E-state index in [9.17, 15) is 49.1 Å². The molecule has 0 unspecified atom stereocenters. The molecule has 42 heavy (non-hydrogen) atoms. The van der Waals surface area contributed by atoms with Crippen molar-refractivity contribution in [3.8, 4) is 11.5 Å². The average Bonchev–Trinajstić information content (AvgIpc) is 2.91. The number of anilines is 2. The Morgan fingerprint density at radius 2 is 1.57 bits per heavy atom. The van der Waals surface area contributed by atoms with Gasteiger partial charge in [0.05, 0.1) is 24.0 Å². The molecule has 1 heterocycles. The molecule has 3 rings (SSSR count). The molecule has 0 aliphatic carbocycles. The van der Waals surface area contributed by atoms with Crippen molar-refractivity contribution in [1.29, 1.82) is 0 Å². The highest BCUT2D eigenvalue weighted by atomic mass is 79.9. The predicted octanol–water partition coefficient (Wildman–Crippen LogP) is 7.27. The number of carbonyl (C=O) groups is 2. The first-order valence-corrected chi connectivity index (χ1v) is 12.0. The highest BCUT2D eigenvalue weighted by Gasteiger charge is 2.73. The number of hydrogen-bond acceptors (Lipinski definition) is 5. The van der Waals surface area contributed by atoms with E-state index in [1.165, 1.54) is 43.7 Å². The van der Waals surface area contributed by atoms with Gasteiger partial charge in [0.2, 0.25) is 0 Å². The third-order valence-electron chi connectivity index (χ3n) is 5.72. The summed E-state index contributed by atoms with van der Waals surface area (Å²) in [4.78, 5) is 31.0. The zero-order valence-electron chi connectivity index (χ0n) is 21.1. The van der Waals surface area contributed by atoms with Gasteiger partial charge in [0, 0.05) is 35.0 Å². The summed E-state index contributed by atoms with van der Waals surface area (Å²) in [5.74, 6) is -3.37. The first kappa shape index (κ1) is 32.5. The predicted molar refractivity (Wildman–Crippen MR) is 134 cm³/mol. The van der Waals surface area contributed by atoms with Gasteiger partial charge in [0.1, 0.15) is 0 Å². The van der Waals surface area contributed by atoms with Crippen molar-refractivity contribution in [3.05, 3.63) is 76.0 Å². The summed E-state index contributed by atoms with van der Waals surface area (Å²) >= 11 is 2.60. The average molecular weight is 674 g/mol. The van der Waals surface area contributed by atoms with Crippen LogP contribution in [0.25, 0.3) is 0 Å². The number of aromatic nitrogens is 1. The van der Waals surface area contributed by atoms with Gasteiger partial charge in [-0.05, 0) is 52.3 Å². The minimum atomic E-state index is -6.55. The van der Waals surface area contributed by atoms with Gasteiger partial charge < -0.3 is 19.7 Å². The van der Waals surface area contributed by atoms with Crippen LogP contribution in [0.4, 0.5) is 50.9 Å². The normalized spacial score (nSPS) is 12.2. The molecule has 0 fully saturated rings. The Morgan fingerprint density at radius 1 is 0.976 bits per heavy atom. The minimum Gasteiger partial charge on any atom is -0.494 e. The summed E-state index contributed by atoms with van der Waals surface area (Å²) in [7, 11) is 2.47. The van der Waals surface area contributed by atoms with Crippen molar-refractivity contribution < 1.29 is 58.6 Å². The van der Waals surface area contributed by atoms with Crippen LogP contribution < -0.4 is 19.7 Å². The summed E-state index contributed by atoms with van der Waals surface area (Å²) < 4.78 is 129. The Balaban J connectivity index is 2.09. The zero-order chi connectivity index (χ0) is 31.6. The number of pyridine rings is 1. The lowest BCUT2D eigenvalue weighted by atomic mass is 9.93. The number of hydrogen-bond donors (Lipinski definition) is 1. The topological polar surface area (TPSA) is 80.8 Å². The fourth-order valence-electron chi connectivity index (χ4n) is 3.74. The molecule has 1 aromatic heterocycles. The molecule has 17 heteroatoms. The van der Waals surface area contributed by atoms with Gasteiger partial charge in [-0.3, -0.25) is 14.6 Å². The lowest BCUT2D eigenvalue weighted by molar-refractivity contribution is -0.348. The third kappa shape index (κ3) is 6.24. The molecule has 2 amide bonds. The molecule has 7 nitrogen and oxygen atoms in total. The molecule has 0 aliphatic heterocycles. The molecule has 226 valence electrons. The van der Waals surface area contributed by atoms with Crippen molar-refractivity contribution in [2.75, 3.05) is 24.4 Å². The van der Waals surface area contributed by atoms with Gasteiger partial charge in [-0.15, -0.1) is 0 Å². The maximum atomic E-state index is 14.6. The Kier molecular flexibility index (Phi) is 9.34. The quantitative estimate of drug-likeness (QED) is 0.255. The van der Waals surface area contributed by atoms with Crippen LogP contribution in [0.2, 0.25) is 0 Å². The standard InChI is InChI=1S/C25H17BrF9N3O4/c1-38(21(40)12-6-8-36-9-7-12)16-5-3-4-14(19(16)41-2)20(39)37-18-15(26)10-13(11-17(18)42-22(27)28)23(29,24(30,31)32)25(33,34)35/h3-11,22H,1-2H3,(H,37,39). The second-order valence-corrected chi connectivity index (χ2v) is 9.13. The van der Waals surface area contributed by atoms with E-state index in [1.54, 1.807) is 0 Å². The molecule has 1 N–H and O–H groups in total. The van der Waals surface area contributed by atoms with E-state index in [4.69, 9.17) is 4.74 Å². The summed E-state index contributed by atoms with van der Waals surface area (Å²) in [6, 6.07) is 6.46. The van der Waals surface area contributed by atoms with E-state index in [1.807, 2.05) is 5.32 Å². The maximum Gasteiger partial charge on any atom is 0.435 e.